The third-order valence-corrected chi connectivity index (χ3v) is 11.4. The Labute approximate surface area is 132 Å². The molecular weight excluding hydrogens is 314 g/mol. The first-order valence-electron chi connectivity index (χ1n) is 6.32. The van der Waals surface area contributed by atoms with Crippen LogP contribution in [-0.2, 0) is 4.79 Å². The average Bonchev–Trinajstić information content (AvgIpc) is 2.12. The molecule has 0 bridgehead atoms. The Morgan fingerprint density at radius 3 is 2.32 bits per heavy atom. The summed E-state index contributed by atoms with van der Waals surface area (Å²) < 4.78 is 2.50. The van der Waals surface area contributed by atoms with E-state index in [9.17, 15) is 9.90 Å². The van der Waals surface area contributed by atoms with Crippen molar-refractivity contribution in [3.8, 4) is 0 Å². The molecule has 0 aliphatic carbocycles. The molecular formula is C12H23NO2S3Si. The van der Waals surface area contributed by atoms with Crippen LogP contribution in [0.15, 0.2) is 0 Å². The van der Waals surface area contributed by atoms with Crippen LogP contribution in [-0.4, -0.2) is 38.8 Å². The molecule has 1 amide bonds. The fraction of sp³-hybridized carbons (Fsp3) is 0.833. The van der Waals surface area contributed by atoms with Gasteiger partial charge in [0.15, 0.2) is 8.24 Å². The topological polar surface area (TPSA) is 40.5 Å². The van der Waals surface area contributed by atoms with Crippen LogP contribution in [0.3, 0.4) is 0 Å². The SMILES string of the molecule is CC(O)C1C(=O)N([Si](C)(C)C(C)(C)C)C1SC(=S)S. The van der Waals surface area contributed by atoms with Gasteiger partial charge >= 0.3 is 0 Å². The molecule has 0 aromatic rings. The minimum absolute atomic E-state index is 0.0590. The van der Waals surface area contributed by atoms with Gasteiger partial charge in [0.1, 0.15) is 3.53 Å². The molecule has 19 heavy (non-hydrogen) atoms. The summed E-state index contributed by atoms with van der Waals surface area (Å²) in [4.78, 5) is 12.4. The number of thiol groups is 1. The first-order valence-corrected chi connectivity index (χ1v) is 11.0. The van der Waals surface area contributed by atoms with E-state index in [2.05, 4.69) is 46.5 Å². The summed E-state index contributed by atoms with van der Waals surface area (Å²) in [6.07, 6.45) is -0.645. The van der Waals surface area contributed by atoms with Crippen LogP contribution in [0, 0.1) is 5.92 Å². The number of thiocarbonyl (C=S) groups is 1. The molecule has 3 unspecified atom stereocenters. The van der Waals surface area contributed by atoms with E-state index in [-0.39, 0.29) is 22.2 Å². The molecule has 110 valence electrons. The highest BCUT2D eigenvalue weighted by molar-refractivity contribution is 8.41. The molecule has 1 saturated heterocycles. The van der Waals surface area contributed by atoms with Crippen molar-refractivity contribution >= 4 is 54.3 Å². The molecule has 7 heteroatoms. The zero-order valence-corrected chi connectivity index (χ0v) is 15.8. The lowest BCUT2D eigenvalue weighted by atomic mass is 9.96. The molecule has 1 N–H and O–H groups in total. The van der Waals surface area contributed by atoms with Gasteiger partial charge in [-0.1, -0.05) is 57.8 Å². The summed E-state index contributed by atoms with van der Waals surface area (Å²) in [6, 6.07) is 0. The van der Waals surface area contributed by atoms with Crippen molar-refractivity contribution < 1.29 is 9.90 Å². The number of nitrogens with zero attached hydrogens (tertiary/aromatic N) is 1. The number of hydrogen-bond acceptors (Lipinski definition) is 4. The lowest BCUT2D eigenvalue weighted by molar-refractivity contribution is -0.149. The molecule has 1 fully saturated rings. The molecule has 0 aromatic carbocycles. The highest BCUT2D eigenvalue weighted by Crippen LogP contribution is 2.48. The Balaban J connectivity index is 3.06. The molecule has 1 aliphatic heterocycles. The van der Waals surface area contributed by atoms with Crippen molar-refractivity contribution in [3.63, 3.8) is 0 Å². The van der Waals surface area contributed by atoms with Gasteiger partial charge in [0, 0.05) is 0 Å². The van der Waals surface area contributed by atoms with Crippen molar-refractivity contribution in [1.29, 1.82) is 0 Å². The Morgan fingerprint density at radius 2 is 2.00 bits per heavy atom. The second kappa shape index (κ2) is 5.67. The zero-order chi connectivity index (χ0) is 15.2. The molecule has 0 spiro atoms. The van der Waals surface area contributed by atoms with Crippen LogP contribution in [0.1, 0.15) is 27.7 Å². The van der Waals surface area contributed by atoms with Gasteiger partial charge in [0.25, 0.3) is 0 Å². The summed E-state index contributed by atoms with van der Waals surface area (Å²) in [7, 11) is -1.94. The number of carbonyl (C=O) groups excluding carboxylic acids is 1. The summed E-state index contributed by atoms with van der Waals surface area (Å²) in [5.41, 5.74) is 0. The average molecular weight is 338 g/mol. The lowest BCUT2D eigenvalue weighted by Crippen LogP contribution is -2.73. The lowest BCUT2D eigenvalue weighted by Gasteiger charge is -2.58. The van der Waals surface area contributed by atoms with E-state index in [1.54, 1.807) is 6.92 Å². The third-order valence-electron chi connectivity index (χ3n) is 4.26. The maximum absolute atomic E-state index is 12.4. The van der Waals surface area contributed by atoms with E-state index in [1.165, 1.54) is 11.8 Å². The van der Waals surface area contributed by atoms with Gasteiger partial charge in [0.05, 0.1) is 17.4 Å². The van der Waals surface area contributed by atoms with Crippen LogP contribution in [0.25, 0.3) is 0 Å². The predicted molar refractivity (Wildman–Crippen MR) is 92.2 cm³/mol. The number of thioether (sulfide) groups is 1. The van der Waals surface area contributed by atoms with E-state index in [1.807, 2.05) is 4.57 Å². The van der Waals surface area contributed by atoms with Gasteiger partial charge in [0.2, 0.25) is 5.91 Å². The quantitative estimate of drug-likeness (QED) is 0.359. The van der Waals surface area contributed by atoms with E-state index < -0.39 is 14.3 Å². The van der Waals surface area contributed by atoms with Gasteiger partial charge in [-0.2, -0.15) is 0 Å². The minimum atomic E-state index is -1.94. The summed E-state index contributed by atoms with van der Waals surface area (Å²) in [5, 5.41) is 9.80. The molecule has 3 nitrogen and oxygen atoms in total. The number of β-lactam (4-membered cyclic amide) rings is 1. The standard InChI is InChI=1S/C12H23NO2S3Si/c1-7(14)8-9(15)13(10(8)18-11(16)17)19(5,6)12(2,3)4/h7-8,10,14H,1-6H3,(H,16,17). The van der Waals surface area contributed by atoms with Crippen molar-refractivity contribution in [3.05, 3.63) is 0 Å². The normalized spacial score (nSPS) is 26.1. The van der Waals surface area contributed by atoms with Gasteiger partial charge in [-0.25, -0.2) is 0 Å². The monoisotopic (exact) mass is 337 g/mol. The Bertz CT molecular complexity index is 393. The second-order valence-corrected chi connectivity index (χ2v) is 14.5. The van der Waals surface area contributed by atoms with Crippen molar-refractivity contribution in [2.45, 2.75) is 57.3 Å². The van der Waals surface area contributed by atoms with Gasteiger partial charge in [-0.3, -0.25) is 4.79 Å². The van der Waals surface area contributed by atoms with E-state index in [0.717, 1.165) is 0 Å². The van der Waals surface area contributed by atoms with E-state index in [0.29, 0.717) is 3.53 Å². The van der Waals surface area contributed by atoms with Gasteiger partial charge < -0.3 is 9.67 Å². The number of aliphatic hydroxyl groups is 1. The summed E-state index contributed by atoms with van der Waals surface area (Å²) >= 11 is 10.6. The maximum atomic E-state index is 12.4. The molecule has 0 aromatic heterocycles. The number of carbonyl (C=O) groups is 1. The highest BCUT2D eigenvalue weighted by Gasteiger charge is 2.58. The second-order valence-electron chi connectivity index (χ2n) is 6.56. The van der Waals surface area contributed by atoms with Crippen LogP contribution in [0.2, 0.25) is 18.1 Å². The van der Waals surface area contributed by atoms with Crippen molar-refractivity contribution in [1.82, 2.24) is 4.57 Å². The first-order chi connectivity index (χ1) is 8.41. The fourth-order valence-electron chi connectivity index (χ4n) is 2.12. The molecule has 0 radical (unpaired) electrons. The van der Waals surface area contributed by atoms with E-state index in [4.69, 9.17) is 12.2 Å². The number of amides is 1. The third kappa shape index (κ3) is 3.20. The van der Waals surface area contributed by atoms with Gasteiger partial charge in [-0.05, 0) is 12.0 Å². The van der Waals surface area contributed by atoms with Gasteiger partial charge in [-0.15, -0.1) is 12.6 Å². The highest BCUT2D eigenvalue weighted by atomic mass is 32.2. The summed E-state index contributed by atoms with van der Waals surface area (Å²) in [6.45, 7) is 12.6. The van der Waals surface area contributed by atoms with Crippen molar-refractivity contribution in [2.75, 3.05) is 0 Å². The Hall–Kier alpha value is 0.437. The fourth-order valence-corrected chi connectivity index (χ4v) is 6.81. The largest absolute Gasteiger partial charge is 0.392 e. The first kappa shape index (κ1) is 17.5. The van der Waals surface area contributed by atoms with Crippen LogP contribution >= 0.6 is 36.6 Å². The number of aliphatic hydroxyl groups excluding tert-OH is 1. The smallest absolute Gasteiger partial charge is 0.224 e. The minimum Gasteiger partial charge on any atom is -0.392 e. The van der Waals surface area contributed by atoms with Crippen LogP contribution in [0.5, 0.6) is 0 Å². The van der Waals surface area contributed by atoms with Crippen LogP contribution in [0.4, 0.5) is 0 Å². The molecule has 1 heterocycles. The maximum Gasteiger partial charge on any atom is 0.224 e. The zero-order valence-electron chi connectivity index (χ0n) is 12.3. The molecule has 1 rings (SSSR count). The van der Waals surface area contributed by atoms with Crippen LogP contribution < -0.4 is 0 Å². The number of rotatable bonds is 3. The van der Waals surface area contributed by atoms with E-state index >= 15 is 0 Å². The summed E-state index contributed by atoms with van der Waals surface area (Å²) in [5.74, 6) is -0.298. The molecule has 0 saturated carbocycles. The number of hydrogen-bond donors (Lipinski definition) is 2. The molecule has 3 atom stereocenters. The molecule has 1 aliphatic rings. The predicted octanol–water partition coefficient (Wildman–Crippen LogP) is 3.10. The Morgan fingerprint density at radius 1 is 1.53 bits per heavy atom. The Kier molecular flexibility index (Phi) is 5.22. The van der Waals surface area contributed by atoms with Crippen molar-refractivity contribution in [2.24, 2.45) is 5.92 Å².